The normalized spacial score (nSPS) is 25.8. The van der Waals surface area contributed by atoms with E-state index in [4.69, 9.17) is 16.3 Å². The van der Waals surface area contributed by atoms with Crippen molar-refractivity contribution in [3.05, 3.63) is 28.0 Å². The van der Waals surface area contributed by atoms with Gasteiger partial charge in [0, 0.05) is 18.4 Å². The van der Waals surface area contributed by atoms with Crippen molar-refractivity contribution in [2.24, 2.45) is 5.92 Å². The summed E-state index contributed by atoms with van der Waals surface area (Å²) in [4.78, 5) is 23.6. The van der Waals surface area contributed by atoms with Crippen molar-refractivity contribution < 1.29 is 9.53 Å². The predicted molar refractivity (Wildman–Crippen MR) is 97.6 cm³/mol. The first-order chi connectivity index (χ1) is 11.8. The number of imidazole rings is 1. The molecule has 0 aromatic carbocycles. The van der Waals surface area contributed by atoms with Crippen LogP contribution >= 0.6 is 27.5 Å². The molecule has 1 saturated carbocycles. The standard InChI is InChI=1S/C17H20BrClN4O2/c1-17(2,3)25-16(24)23-10-5-4-9(8-10)11(23)15-21-13(18)12-14(19)20-6-7-22(12)15/h6-7,9-11H,4-5,8H2,1-3H3/t9-,10-,11-/m0/s1. The summed E-state index contributed by atoms with van der Waals surface area (Å²) in [6, 6.07) is 0.110. The molecule has 1 amide bonds. The Kier molecular flexibility index (Phi) is 3.99. The third kappa shape index (κ3) is 2.81. The van der Waals surface area contributed by atoms with Gasteiger partial charge in [-0.25, -0.2) is 14.8 Å². The Morgan fingerprint density at radius 3 is 2.88 bits per heavy atom. The van der Waals surface area contributed by atoms with E-state index in [1.807, 2.05) is 36.3 Å². The van der Waals surface area contributed by atoms with Gasteiger partial charge >= 0.3 is 6.09 Å². The van der Waals surface area contributed by atoms with E-state index in [-0.39, 0.29) is 18.2 Å². The SMILES string of the molecule is CC(C)(C)OC(=O)N1[C@H]2CC[C@@H](C2)[C@H]1c1nc(Br)c2c(Cl)nccn12. The second-order valence-electron chi connectivity index (χ2n) is 7.76. The third-order valence-corrected chi connectivity index (χ3v) is 5.78. The maximum absolute atomic E-state index is 12.9. The number of carbonyl (C=O) groups excluding carboxylic acids is 1. The zero-order valence-corrected chi connectivity index (χ0v) is 16.7. The monoisotopic (exact) mass is 426 g/mol. The van der Waals surface area contributed by atoms with E-state index in [0.29, 0.717) is 15.7 Å². The maximum Gasteiger partial charge on any atom is 0.411 e. The first kappa shape index (κ1) is 17.1. The molecular formula is C17H20BrClN4O2. The number of carbonyl (C=O) groups is 1. The van der Waals surface area contributed by atoms with Crippen molar-refractivity contribution in [3.63, 3.8) is 0 Å². The summed E-state index contributed by atoms with van der Waals surface area (Å²) < 4.78 is 8.25. The molecule has 8 heteroatoms. The van der Waals surface area contributed by atoms with Gasteiger partial charge in [0.05, 0.1) is 6.04 Å². The molecule has 134 valence electrons. The molecule has 3 heterocycles. The topological polar surface area (TPSA) is 59.7 Å². The number of piperidine rings is 1. The molecule has 6 nitrogen and oxygen atoms in total. The lowest BCUT2D eigenvalue weighted by molar-refractivity contribution is 0.00604. The van der Waals surface area contributed by atoms with E-state index in [2.05, 4.69) is 25.9 Å². The van der Waals surface area contributed by atoms with Crippen LogP contribution in [-0.2, 0) is 4.74 Å². The number of aromatic nitrogens is 3. The third-order valence-electron chi connectivity index (χ3n) is 4.95. The summed E-state index contributed by atoms with van der Waals surface area (Å²) in [5.41, 5.74) is 0.206. The second kappa shape index (κ2) is 5.84. The molecular weight excluding hydrogens is 408 g/mol. The molecule has 2 aliphatic rings. The fourth-order valence-electron chi connectivity index (χ4n) is 4.09. The molecule has 0 N–H and O–H groups in total. The number of nitrogens with zero attached hydrogens (tertiary/aromatic N) is 4. The van der Waals surface area contributed by atoms with Crippen LogP contribution in [0.15, 0.2) is 17.0 Å². The zero-order chi connectivity index (χ0) is 17.9. The largest absolute Gasteiger partial charge is 0.444 e. The van der Waals surface area contributed by atoms with Crippen LogP contribution in [0, 0.1) is 5.92 Å². The van der Waals surface area contributed by atoms with Crippen LogP contribution in [0.4, 0.5) is 4.79 Å². The quantitative estimate of drug-likeness (QED) is 0.667. The molecule has 3 atom stereocenters. The zero-order valence-electron chi connectivity index (χ0n) is 14.4. The van der Waals surface area contributed by atoms with Gasteiger partial charge in [-0.05, 0) is 61.9 Å². The lowest BCUT2D eigenvalue weighted by Gasteiger charge is -2.35. The number of hydrogen-bond acceptors (Lipinski definition) is 4. The number of likely N-dealkylation sites (tertiary alicyclic amines) is 1. The number of rotatable bonds is 1. The second-order valence-corrected chi connectivity index (χ2v) is 8.87. The van der Waals surface area contributed by atoms with Gasteiger partial charge in [-0.1, -0.05) is 11.6 Å². The minimum Gasteiger partial charge on any atom is -0.444 e. The molecule has 1 aliphatic carbocycles. The van der Waals surface area contributed by atoms with Crippen LogP contribution in [0.1, 0.15) is 51.9 Å². The van der Waals surface area contributed by atoms with Gasteiger partial charge in [0.25, 0.3) is 0 Å². The maximum atomic E-state index is 12.9. The smallest absolute Gasteiger partial charge is 0.411 e. The molecule has 25 heavy (non-hydrogen) atoms. The molecule has 2 fully saturated rings. The highest BCUT2D eigenvalue weighted by Gasteiger charge is 2.51. The van der Waals surface area contributed by atoms with Gasteiger partial charge in [-0.15, -0.1) is 0 Å². The Morgan fingerprint density at radius 1 is 1.40 bits per heavy atom. The van der Waals surface area contributed by atoms with Crippen molar-refractivity contribution in [1.29, 1.82) is 0 Å². The number of ether oxygens (including phenoxy) is 1. The Morgan fingerprint density at radius 2 is 2.16 bits per heavy atom. The molecule has 0 radical (unpaired) electrons. The average Bonchev–Trinajstić information content (AvgIpc) is 3.18. The Labute approximate surface area is 159 Å². The summed E-state index contributed by atoms with van der Waals surface area (Å²) in [5.74, 6) is 1.20. The molecule has 2 bridgehead atoms. The average molecular weight is 428 g/mol. The van der Waals surface area contributed by atoms with Crippen LogP contribution < -0.4 is 0 Å². The van der Waals surface area contributed by atoms with Gasteiger partial charge in [-0.2, -0.15) is 0 Å². The van der Waals surface area contributed by atoms with Crippen LogP contribution in [0.5, 0.6) is 0 Å². The lowest BCUT2D eigenvalue weighted by Crippen LogP contribution is -2.43. The van der Waals surface area contributed by atoms with Crippen LogP contribution in [-0.4, -0.2) is 37.0 Å². The molecule has 2 aromatic heterocycles. The van der Waals surface area contributed by atoms with Gasteiger partial charge in [0.15, 0.2) is 5.15 Å². The fourth-order valence-corrected chi connectivity index (χ4v) is 5.00. The summed E-state index contributed by atoms with van der Waals surface area (Å²) in [5, 5.41) is 0.389. The van der Waals surface area contributed by atoms with Crippen LogP contribution in [0.3, 0.4) is 0 Å². The van der Waals surface area contributed by atoms with Crippen LogP contribution in [0.25, 0.3) is 5.52 Å². The highest BCUT2D eigenvalue weighted by Crippen LogP contribution is 2.51. The summed E-state index contributed by atoms with van der Waals surface area (Å²) in [6.07, 6.45) is 6.34. The van der Waals surface area contributed by atoms with Gasteiger partial charge in [-0.3, -0.25) is 9.30 Å². The van der Waals surface area contributed by atoms with Crippen molar-refractivity contribution in [2.45, 2.75) is 57.7 Å². The van der Waals surface area contributed by atoms with E-state index in [1.54, 1.807) is 6.20 Å². The minimum atomic E-state index is -0.522. The van der Waals surface area contributed by atoms with Crippen molar-refractivity contribution in [3.8, 4) is 0 Å². The number of hydrogen-bond donors (Lipinski definition) is 0. The Hall–Kier alpha value is -1.34. The van der Waals surface area contributed by atoms with Crippen molar-refractivity contribution in [1.82, 2.24) is 19.3 Å². The molecule has 4 rings (SSSR count). The first-order valence-corrected chi connectivity index (χ1v) is 9.62. The molecule has 0 unspecified atom stereocenters. The molecule has 2 aromatic rings. The lowest BCUT2D eigenvalue weighted by atomic mass is 9.98. The number of halogens is 2. The summed E-state index contributed by atoms with van der Waals surface area (Å²) in [7, 11) is 0. The van der Waals surface area contributed by atoms with E-state index >= 15 is 0 Å². The summed E-state index contributed by atoms with van der Waals surface area (Å²) in [6.45, 7) is 5.67. The Balaban J connectivity index is 1.78. The van der Waals surface area contributed by atoms with Gasteiger partial charge < -0.3 is 4.74 Å². The van der Waals surface area contributed by atoms with Gasteiger partial charge in [0.2, 0.25) is 0 Å². The van der Waals surface area contributed by atoms with Crippen LogP contribution in [0.2, 0.25) is 5.15 Å². The van der Waals surface area contributed by atoms with Crippen molar-refractivity contribution >= 4 is 39.1 Å². The molecule has 1 aliphatic heterocycles. The minimum absolute atomic E-state index is 0.106. The number of amides is 1. The number of fused-ring (bicyclic) bond motifs is 3. The van der Waals surface area contributed by atoms with E-state index in [0.717, 1.165) is 30.6 Å². The Bertz CT molecular complexity index is 847. The van der Waals surface area contributed by atoms with Gasteiger partial charge in [0.1, 0.15) is 21.5 Å². The fraction of sp³-hybridized carbons (Fsp3) is 0.588. The molecule has 0 spiro atoms. The van der Waals surface area contributed by atoms with E-state index < -0.39 is 5.60 Å². The van der Waals surface area contributed by atoms with E-state index in [9.17, 15) is 4.79 Å². The first-order valence-electron chi connectivity index (χ1n) is 8.45. The highest BCUT2D eigenvalue weighted by molar-refractivity contribution is 9.10. The van der Waals surface area contributed by atoms with Crippen molar-refractivity contribution in [2.75, 3.05) is 0 Å². The summed E-state index contributed by atoms with van der Waals surface area (Å²) >= 11 is 9.72. The van der Waals surface area contributed by atoms with E-state index in [1.165, 1.54) is 0 Å². The molecule has 1 saturated heterocycles. The predicted octanol–water partition coefficient (Wildman–Crippen LogP) is 4.61. The highest BCUT2D eigenvalue weighted by atomic mass is 79.9.